The summed E-state index contributed by atoms with van der Waals surface area (Å²) in [5, 5.41) is 7.65. The van der Waals surface area contributed by atoms with Crippen LogP contribution in [0.15, 0.2) is 30.6 Å². The van der Waals surface area contributed by atoms with E-state index < -0.39 is 0 Å². The van der Waals surface area contributed by atoms with Crippen molar-refractivity contribution in [3.63, 3.8) is 0 Å². The zero-order valence-electron chi connectivity index (χ0n) is 11.4. The second kappa shape index (κ2) is 4.90. The number of rotatable bonds is 3. The summed E-state index contributed by atoms with van der Waals surface area (Å²) < 4.78 is 1.77. The molecule has 2 heterocycles. The average Bonchev–Trinajstić information content (AvgIpc) is 2.79. The molecule has 0 aliphatic heterocycles. The van der Waals surface area contributed by atoms with Crippen LogP contribution in [-0.2, 0) is 6.54 Å². The summed E-state index contributed by atoms with van der Waals surface area (Å²) in [6, 6.07) is 6.00. The number of pyridine rings is 1. The Labute approximate surface area is 108 Å². The third kappa shape index (κ3) is 3.17. The largest absolute Gasteiger partial charge is 0.308 e. The quantitative estimate of drug-likeness (QED) is 0.902. The minimum absolute atomic E-state index is 0.118. The summed E-state index contributed by atoms with van der Waals surface area (Å²) in [5.41, 5.74) is 2.38. The maximum Gasteiger partial charge on any atom is 0.153 e. The Morgan fingerprint density at radius 2 is 2.06 bits per heavy atom. The fourth-order valence-electron chi connectivity index (χ4n) is 1.66. The first-order chi connectivity index (χ1) is 8.46. The van der Waals surface area contributed by atoms with Crippen LogP contribution in [0.1, 0.15) is 32.0 Å². The van der Waals surface area contributed by atoms with E-state index in [4.69, 9.17) is 0 Å². The number of aromatic nitrogens is 3. The highest BCUT2D eigenvalue weighted by molar-refractivity contribution is 5.29. The molecule has 2 aromatic rings. The molecule has 0 fully saturated rings. The lowest BCUT2D eigenvalue weighted by Crippen LogP contribution is -2.35. The number of nitrogens with one attached hydrogen (secondary N) is 1. The molecule has 4 nitrogen and oxygen atoms in total. The summed E-state index contributed by atoms with van der Waals surface area (Å²) in [5.74, 6) is 0.858. The molecule has 0 saturated heterocycles. The highest BCUT2D eigenvalue weighted by Gasteiger charge is 2.10. The van der Waals surface area contributed by atoms with Crippen LogP contribution in [0.3, 0.4) is 0 Å². The van der Waals surface area contributed by atoms with Crippen molar-refractivity contribution in [2.75, 3.05) is 0 Å². The van der Waals surface area contributed by atoms with Gasteiger partial charge in [-0.05, 0) is 45.4 Å². The maximum atomic E-state index is 4.58. The smallest absolute Gasteiger partial charge is 0.153 e. The lowest BCUT2D eigenvalue weighted by molar-refractivity contribution is 0.423. The molecule has 0 spiro atoms. The highest BCUT2D eigenvalue weighted by atomic mass is 15.3. The SMILES string of the molecule is Cc1nc(-n2cccn2)ccc1CNC(C)(C)C. The average molecular weight is 244 g/mol. The van der Waals surface area contributed by atoms with E-state index in [1.165, 1.54) is 5.56 Å². The number of hydrogen-bond acceptors (Lipinski definition) is 3. The van der Waals surface area contributed by atoms with Gasteiger partial charge in [0.25, 0.3) is 0 Å². The van der Waals surface area contributed by atoms with Crippen LogP contribution in [0.2, 0.25) is 0 Å². The Hall–Kier alpha value is -1.68. The fourth-order valence-corrected chi connectivity index (χ4v) is 1.66. The van der Waals surface area contributed by atoms with E-state index in [1.54, 1.807) is 10.9 Å². The molecule has 0 aromatic carbocycles. The molecule has 96 valence electrons. The third-order valence-corrected chi connectivity index (χ3v) is 2.73. The molecule has 2 rings (SSSR count). The molecular formula is C14H20N4. The van der Waals surface area contributed by atoms with Gasteiger partial charge >= 0.3 is 0 Å². The Morgan fingerprint density at radius 1 is 1.28 bits per heavy atom. The first-order valence-electron chi connectivity index (χ1n) is 6.17. The van der Waals surface area contributed by atoms with E-state index in [1.807, 2.05) is 25.3 Å². The van der Waals surface area contributed by atoms with Crippen molar-refractivity contribution in [3.8, 4) is 5.82 Å². The van der Waals surface area contributed by atoms with Crippen LogP contribution in [0.25, 0.3) is 5.82 Å². The van der Waals surface area contributed by atoms with E-state index in [2.05, 4.69) is 42.2 Å². The van der Waals surface area contributed by atoms with Crippen molar-refractivity contribution >= 4 is 0 Å². The topological polar surface area (TPSA) is 42.7 Å². The van der Waals surface area contributed by atoms with Crippen molar-refractivity contribution in [2.24, 2.45) is 0 Å². The molecule has 0 amide bonds. The molecule has 18 heavy (non-hydrogen) atoms. The molecule has 2 aromatic heterocycles. The Bertz CT molecular complexity index is 509. The molecular weight excluding hydrogens is 224 g/mol. The van der Waals surface area contributed by atoms with Gasteiger partial charge in [-0.1, -0.05) is 6.07 Å². The third-order valence-electron chi connectivity index (χ3n) is 2.73. The molecule has 4 heteroatoms. The van der Waals surface area contributed by atoms with Gasteiger partial charge in [0, 0.05) is 30.2 Å². The predicted octanol–water partition coefficient (Wildman–Crippen LogP) is 2.46. The standard InChI is InChI=1S/C14H20N4/c1-11-12(10-15-14(2,3)4)6-7-13(17-11)18-9-5-8-16-18/h5-9,15H,10H2,1-4H3. The minimum Gasteiger partial charge on any atom is -0.308 e. The minimum atomic E-state index is 0.118. The van der Waals surface area contributed by atoms with E-state index in [0.717, 1.165) is 18.1 Å². The fraction of sp³-hybridized carbons (Fsp3) is 0.429. The Balaban J connectivity index is 2.16. The van der Waals surface area contributed by atoms with Gasteiger partial charge in [0.05, 0.1) is 0 Å². The first kappa shape index (κ1) is 12.8. The van der Waals surface area contributed by atoms with Gasteiger partial charge in [-0.3, -0.25) is 0 Å². The second-order valence-electron chi connectivity index (χ2n) is 5.47. The summed E-state index contributed by atoms with van der Waals surface area (Å²) >= 11 is 0. The van der Waals surface area contributed by atoms with Crippen LogP contribution in [0, 0.1) is 6.92 Å². The number of aryl methyl sites for hydroxylation is 1. The highest BCUT2D eigenvalue weighted by Crippen LogP contribution is 2.11. The lowest BCUT2D eigenvalue weighted by atomic mass is 10.1. The predicted molar refractivity (Wildman–Crippen MR) is 72.7 cm³/mol. The van der Waals surface area contributed by atoms with Crippen molar-refractivity contribution in [3.05, 3.63) is 41.9 Å². The normalized spacial score (nSPS) is 11.8. The second-order valence-corrected chi connectivity index (χ2v) is 5.47. The van der Waals surface area contributed by atoms with Gasteiger partial charge in [-0.25, -0.2) is 9.67 Å². The van der Waals surface area contributed by atoms with E-state index in [-0.39, 0.29) is 5.54 Å². The van der Waals surface area contributed by atoms with Crippen LogP contribution >= 0.6 is 0 Å². The summed E-state index contributed by atoms with van der Waals surface area (Å²) in [6.07, 6.45) is 3.65. The van der Waals surface area contributed by atoms with Crippen LogP contribution in [0.4, 0.5) is 0 Å². The zero-order chi connectivity index (χ0) is 13.2. The molecule has 0 radical (unpaired) electrons. The molecule has 0 aliphatic carbocycles. The summed E-state index contributed by atoms with van der Waals surface area (Å²) in [6.45, 7) is 9.35. The number of nitrogens with zero attached hydrogens (tertiary/aromatic N) is 3. The van der Waals surface area contributed by atoms with Gasteiger partial charge in [-0.2, -0.15) is 5.10 Å². The van der Waals surface area contributed by atoms with Crippen molar-refractivity contribution in [1.29, 1.82) is 0 Å². The summed E-state index contributed by atoms with van der Waals surface area (Å²) in [7, 11) is 0. The molecule has 0 unspecified atom stereocenters. The van der Waals surface area contributed by atoms with E-state index >= 15 is 0 Å². The van der Waals surface area contributed by atoms with Gasteiger partial charge < -0.3 is 5.32 Å². The molecule has 0 atom stereocenters. The van der Waals surface area contributed by atoms with Gasteiger partial charge in [0.15, 0.2) is 5.82 Å². The molecule has 0 aliphatic rings. The Kier molecular flexibility index (Phi) is 3.48. The zero-order valence-corrected chi connectivity index (χ0v) is 11.4. The van der Waals surface area contributed by atoms with Crippen LogP contribution < -0.4 is 5.32 Å². The van der Waals surface area contributed by atoms with E-state index in [9.17, 15) is 0 Å². The van der Waals surface area contributed by atoms with E-state index in [0.29, 0.717) is 0 Å². The lowest BCUT2D eigenvalue weighted by Gasteiger charge is -2.21. The van der Waals surface area contributed by atoms with Gasteiger partial charge in [0.2, 0.25) is 0 Å². The van der Waals surface area contributed by atoms with Gasteiger partial charge in [-0.15, -0.1) is 0 Å². The monoisotopic (exact) mass is 244 g/mol. The van der Waals surface area contributed by atoms with Crippen molar-refractivity contribution in [2.45, 2.75) is 39.8 Å². The molecule has 0 saturated carbocycles. The van der Waals surface area contributed by atoms with Crippen LogP contribution in [0.5, 0.6) is 0 Å². The van der Waals surface area contributed by atoms with Crippen LogP contribution in [-0.4, -0.2) is 20.3 Å². The number of hydrogen-bond donors (Lipinski definition) is 1. The van der Waals surface area contributed by atoms with Gasteiger partial charge in [0.1, 0.15) is 0 Å². The molecule has 0 bridgehead atoms. The van der Waals surface area contributed by atoms with Crippen molar-refractivity contribution in [1.82, 2.24) is 20.1 Å². The Morgan fingerprint density at radius 3 is 2.61 bits per heavy atom. The summed E-state index contributed by atoms with van der Waals surface area (Å²) in [4.78, 5) is 4.58. The maximum absolute atomic E-state index is 4.58. The molecule has 1 N–H and O–H groups in total. The van der Waals surface area contributed by atoms with Crippen molar-refractivity contribution < 1.29 is 0 Å². The first-order valence-corrected chi connectivity index (χ1v) is 6.17.